The normalized spacial score (nSPS) is 10.6. The van der Waals surface area contributed by atoms with E-state index < -0.39 is 27.5 Å². The summed E-state index contributed by atoms with van der Waals surface area (Å²) >= 11 is 0. The first-order chi connectivity index (χ1) is 9.94. The van der Waals surface area contributed by atoms with E-state index in [1.807, 2.05) is 10.8 Å². The molecule has 1 heterocycles. The van der Waals surface area contributed by atoms with Gasteiger partial charge in [0.1, 0.15) is 0 Å². The fraction of sp³-hybridized carbons (Fsp3) is 0. The molecule has 0 fully saturated rings. The predicted molar refractivity (Wildman–Crippen MR) is 71.0 cm³/mol. The van der Waals surface area contributed by atoms with E-state index in [1.165, 1.54) is 24.3 Å². The summed E-state index contributed by atoms with van der Waals surface area (Å²) < 4.78 is 26.4. The number of aromatic nitrogens is 2. The van der Waals surface area contributed by atoms with Crippen molar-refractivity contribution in [3.05, 3.63) is 47.9 Å². The first-order valence-electron chi connectivity index (χ1n) is 5.51. The molecule has 106 valence electrons. The minimum atomic E-state index is -4.07. The number of aromatic carboxylic acids is 1. The molecule has 0 bridgehead atoms. The molecular formula is C12H8N4O4S. The van der Waals surface area contributed by atoms with Crippen molar-refractivity contribution in [1.29, 1.82) is 5.26 Å². The average molecular weight is 304 g/mol. The molecule has 0 aliphatic heterocycles. The van der Waals surface area contributed by atoms with Gasteiger partial charge in [-0.15, -0.1) is 0 Å². The van der Waals surface area contributed by atoms with Crippen LogP contribution in [0.15, 0.2) is 41.6 Å². The molecule has 0 spiro atoms. The molecule has 2 N–H and O–H groups in total. The summed E-state index contributed by atoms with van der Waals surface area (Å²) in [6.45, 7) is 0. The standard InChI is InChI=1S/C12H8N4O4S/c13-7-8-2-1-3-9(6-8)21(19,20)16-11-10(12(17)18)14-4-5-15-11/h1-6H,(H,15,16)(H,17,18). The summed E-state index contributed by atoms with van der Waals surface area (Å²) in [5, 5.41) is 17.7. The molecule has 0 saturated heterocycles. The Hall–Kier alpha value is -2.99. The number of sulfonamides is 1. The monoisotopic (exact) mass is 304 g/mol. The average Bonchev–Trinajstić information content (AvgIpc) is 2.47. The van der Waals surface area contributed by atoms with Gasteiger partial charge in [0.05, 0.1) is 16.5 Å². The third-order valence-corrected chi connectivity index (χ3v) is 3.74. The maximum absolute atomic E-state index is 12.2. The van der Waals surface area contributed by atoms with Gasteiger partial charge in [0.25, 0.3) is 10.0 Å². The van der Waals surface area contributed by atoms with Crippen LogP contribution in [0.25, 0.3) is 0 Å². The summed E-state index contributed by atoms with van der Waals surface area (Å²) in [7, 11) is -4.07. The molecule has 2 rings (SSSR count). The molecule has 2 aromatic rings. The molecule has 0 unspecified atom stereocenters. The van der Waals surface area contributed by atoms with Gasteiger partial charge in [-0.1, -0.05) is 6.07 Å². The van der Waals surface area contributed by atoms with Crippen LogP contribution in [-0.2, 0) is 10.0 Å². The molecule has 0 radical (unpaired) electrons. The Labute approximate surface area is 119 Å². The van der Waals surface area contributed by atoms with Crippen LogP contribution in [0.4, 0.5) is 5.82 Å². The van der Waals surface area contributed by atoms with Crippen LogP contribution in [0.5, 0.6) is 0 Å². The number of carboxylic acids is 1. The smallest absolute Gasteiger partial charge is 0.358 e. The van der Waals surface area contributed by atoms with E-state index in [2.05, 4.69) is 9.97 Å². The van der Waals surface area contributed by atoms with Crippen molar-refractivity contribution < 1.29 is 18.3 Å². The summed E-state index contributed by atoms with van der Waals surface area (Å²) in [6, 6.07) is 7.12. The molecule has 1 aromatic carbocycles. The Bertz CT molecular complexity index is 842. The minimum Gasteiger partial charge on any atom is -0.476 e. The zero-order chi connectivity index (χ0) is 15.5. The molecule has 0 amide bonds. The van der Waals surface area contributed by atoms with Crippen LogP contribution >= 0.6 is 0 Å². The lowest BCUT2D eigenvalue weighted by molar-refractivity contribution is 0.0691. The molecule has 0 saturated carbocycles. The van der Waals surface area contributed by atoms with Gasteiger partial charge in [0.2, 0.25) is 0 Å². The van der Waals surface area contributed by atoms with Gasteiger partial charge >= 0.3 is 5.97 Å². The predicted octanol–water partition coefficient (Wildman–Crippen LogP) is 0.847. The highest BCUT2D eigenvalue weighted by atomic mass is 32.2. The fourth-order valence-corrected chi connectivity index (χ4v) is 2.55. The summed E-state index contributed by atoms with van der Waals surface area (Å²) in [5.74, 6) is -1.81. The molecule has 0 aliphatic carbocycles. The number of nitrogens with one attached hydrogen (secondary N) is 1. The second kappa shape index (κ2) is 5.56. The van der Waals surface area contributed by atoms with E-state index >= 15 is 0 Å². The van der Waals surface area contributed by atoms with Crippen LogP contribution in [0.2, 0.25) is 0 Å². The van der Waals surface area contributed by atoms with Crippen LogP contribution in [-0.4, -0.2) is 29.5 Å². The van der Waals surface area contributed by atoms with Gasteiger partial charge in [-0.25, -0.2) is 23.2 Å². The summed E-state index contributed by atoms with van der Waals surface area (Å²) in [5.41, 5.74) is -0.354. The highest BCUT2D eigenvalue weighted by Crippen LogP contribution is 2.17. The first-order valence-corrected chi connectivity index (χ1v) is 6.99. The Morgan fingerprint density at radius 3 is 2.67 bits per heavy atom. The number of hydrogen-bond donors (Lipinski definition) is 2. The van der Waals surface area contributed by atoms with Gasteiger partial charge < -0.3 is 5.11 Å². The van der Waals surface area contributed by atoms with Crippen molar-refractivity contribution in [2.75, 3.05) is 4.72 Å². The maximum Gasteiger partial charge on any atom is 0.358 e. The summed E-state index contributed by atoms with van der Waals surface area (Å²) in [4.78, 5) is 18.0. The zero-order valence-corrected chi connectivity index (χ0v) is 11.2. The number of hydrogen-bond acceptors (Lipinski definition) is 6. The Morgan fingerprint density at radius 1 is 1.29 bits per heavy atom. The van der Waals surface area contributed by atoms with Crippen LogP contribution in [0.3, 0.4) is 0 Å². The Kier molecular flexibility index (Phi) is 3.82. The largest absolute Gasteiger partial charge is 0.476 e. The van der Waals surface area contributed by atoms with Gasteiger partial charge in [-0.3, -0.25) is 4.72 Å². The van der Waals surface area contributed by atoms with Crippen molar-refractivity contribution in [3.8, 4) is 6.07 Å². The van der Waals surface area contributed by atoms with Gasteiger partial charge in [-0.05, 0) is 18.2 Å². The summed E-state index contributed by atoms with van der Waals surface area (Å²) in [6.07, 6.45) is 2.30. The first kappa shape index (κ1) is 14.4. The highest BCUT2D eigenvalue weighted by Gasteiger charge is 2.20. The molecule has 0 atom stereocenters. The third-order valence-electron chi connectivity index (χ3n) is 2.41. The molecular weight excluding hydrogens is 296 g/mol. The lowest BCUT2D eigenvalue weighted by Crippen LogP contribution is -2.17. The van der Waals surface area contributed by atoms with E-state index in [4.69, 9.17) is 10.4 Å². The van der Waals surface area contributed by atoms with E-state index in [0.29, 0.717) is 0 Å². The van der Waals surface area contributed by atoms with Gasteiger partial charge in [0, 0.05) is 12.4 Å². The molecule has 1 aromatic heterocycles. The number of carbonyl (C=O) groups is 1. The second-order valence-corrected chi connectivity index (χ2v) is 5.49. The number of rotatable bonds is 4. The number of carboxylic acid groups (broad SMARTS) is 1. The van der Waals surface area contributed by atoms with E-state index in [0.717, 1.165) is 12.4 Å². The van der Waals surface area contributed by atoms with Crippen molar-refractivity contribution in [2.45, 2.75) is 4.90 Å². The maximum atomic E-state index is 12.2. The van der Waals surface area contributed by atoms with Crippen LogP contribution in [0.1, 0.15) is 16.1 Å². The number of nitriles is 1. The lowest BCUT2D eigenvalue weighted by Gasteiger charge is -2.08. The van der Waals surface area contributed by atoms with E-state index in [1.54, 1.807) is 0 Å². The topological polar surface area (TPSA) is 133 Å². The highest BCUT2D eigenvalue weighted by molar-refractivity contribution is 7.92. The van der Waals surface area contributed by atoms with Crippen LogP contribution < -0.4 is 4.72 Å². The number of benzene rings is 1. The second-order valence-electron chi connectivity index (χ2n) is 3.80. The Morgan fingerprint density at radius 2 is 2.00 bits per heavy atom. The molecule has 9 heteroatoms. The van der Waals surface area contributed by atoms with Crippen molar-refractivity contribution >= 4 is 21.8 Å². The molecule has 8 nitrogen and oxygen atoms in total. The number of anilines is 1. The quantitative estimate of drug-likeness (QED) is 0.855. The third kappa shape index (κ3) is 3.13. The van der Waals surface area contributed by atoms with Crippen molar-refractivity contribution in [1.82, 2.24) is 9.97 Å². The SMILES string of the molecule is N#Cc1cccc(S(=O)(=O)Nc2nccnc2C(=O)O)c1. The Balaban J connectivity index is 2.43. The van der Waals surface area contributed by atoms with Crippen LogP contribution in [0, 0.1) is 11.3 Å². The fourth-order valence-electron chi connectivity index (χ4n) is 1.49. The number of nitrogens with zero attached hydrogens (tertiary/aromatic N) is 3. The van der Waals surface area contributed by atoms with Gasteiger partial charge in [0.15, 0.2) is 11.5 Å². The lowest BCUT2D eigenvalue weighted by atomic mass is 10.2. The zero-order valence-electron chi connectivity index (χ0n) is 10.4. The van der Waals surface area contributed by atoms with Crippen molar-refractivity contribution in [3.63, 3.8) is 0 Å². The van der Waals surface area contributed by atoms with Gasteiger partial charge in [-0.2, -0.15) is 5.26 Å². The molecule has 0 aliphatic rings. The minimum absolute atomic E-state index is 0.162. The molecule has 21 heavy (non-hydrogen) atoms. The van der Waals surface area contributed by atoms with E-state index in [-0.39, 0.29) is 10.5 Å². The van der Waals surface area contributed by atoms with Crippen molar-refractivity contribution in [2.24, 2.45) is 0 Å². The van der Waals surface area contributed by atoms with E-state index in [9.17, 15) is 13.2 Å².